The average molecular weight is 345 g/mol. The van der Waals surface area contributed by atoms with E-state index in [1.165, 1.54) is 19.3 Å². The minimum atomic E-state index is -0.153. The number of rotatable bonds is 6. The number of carbonyl (C=O) groups is 1. The van der Waals surface area contributed by atoms with Crippen LogP contribution in [0.3, 0.4) is 0 Å². The van der Waals surface area contributed by atoms with Gasteiger partial charge in [0.25, 0.3) is 5.91 Å². The number of halogens is 2. The first-order valence-electron chi connectivity index (χ1n) is 7.65. The van der Waals surface area contributed by atoms with E-state index in [-0.39, 0.29) is 12.5 Å². The Balaban J connectivity index is 1.72. The summed E-state index contributed by atoms with van der Waals surface area (Å²) in [6.07, 6.45) is 3.80. The van der Waals surface area contributed by atoms with Crippen LogP contribution in [-0.4, -0.2) is 43.1 Å². The maximum atomic E-state index is 11.9. The molecule has 22 heavy (non-hydrogen) atoms. The molecular formula is C16H22Cl2N2O2. The molecule has 4 nitrogen and oxygen atoms in total. The molecule has 0 aliphatic carbocycles. The summed E-state index contributed by atoms with van der Waals surface area (Å²) in [6.45, 7) is 4.94. The van der Waals surface area contributed by atoms with Gasteiger partial charge in [-0.3, -0.25) is 9.69 Å². The fourth-order valence-corrected chi connectivity index (χ4v) is 2.87. The van der Waals surface area contributed by atoms with Crippen LogP contribution in [0.25, 0.3) is 0 Å². The number of hydrogen-bond acceptors (Lipinski definition) is 3. The average Bonchev–Trinajstić information content (AvgIpc) is 2.54. The van der Waals surface area contributed by atoms with Gasteiger partial charge in [-0.25, -0.2) is 0 Å². The molecule has 0 spiro atoms. The molecule has 1 aliphatic rings. The van der Waals surface area contributed by atoms with E-state index in [1.807, 2.05) is 0 Å². The lowest BCUT2D eigenvalue weighted by Crippen LogP contribution is -2.45. The third-order valence-corrected chi connectivity index (χ3v) is 4.41. The van der Waals surface area contributed by atoms with Gasteiger partial charge in [0.1, 0.15) is 5.75 Å². The highest BCUT2D eigenvalue weighted by Gasteiger charge is 2.17. The molecule has 1 N–H and O–H groups in total. The van der Waals surface area contributed by atoms with Gasteiger partial charge >= 0.3 is 0 Å². The van der Waals surface area contributed by atoms with Crippen molar-refractivity contribution in [3.63, 3.8) is 0 Å². The van der Waals surface area contributed by atoms with Crippen LogP contribution in [0.4, 0.5) is 0 Å². The van der Waals surface area contributed by atoms with Gasteiger partial charge in [0.15, 0.2) is 6.61 Å². The van der Waals surface area contributed by atoms with Crippen molar-refractivity contribution < 1.29 is 9.53 Å². The van der Waals surface area contributed by atoms with Crippen molar-refractivity contribution in [1.29, 1.82) is 0 Å². The number of amides is 1. The highest BCUT2D eigenvalue weighted by Crippen LogP contribution is 2.27. The molecule has 1 aliphatic heterocycles. The molecule has 122 valence electrons. The van der Waals surface area contributed by atoms with Crippen molar-refractivity contribution in [3.8, 4) is 5.75 Å². The highest BCUT2D eigenvalue weighted by molar-refractivity contribution is 6.34. The summed E-state index contributed by atoms with van der Waals surface area (Å²) in [7, 11) is 0. The second-order valence-corrected chi connectivity index (χ2v) is 6.46. The molecular weight excluding hydrogens is 323 g/mol. The quantitative estimate of drug-likeness (QED) is 0.860. The monoisotopic (exact) mass is 344 g/mol. The summed E-state index contributed by atoms with van der Waals surface area (Å²) >= 11 is 11.9. The number of nitrogens with zero attached hydrogens (tertiary/aromatic N) is 1. The van der Waals surface area contributed by atoms with Gasteiger partial charge in [-0.15, -0.1) is 0 Å². The van der Waals surface area contributed by atoms with Crippen molar-refractivity contribution in [2.75, 3.05) is 26.2 Å². The Morgan fingerprint density at radius 3 is 2.77 bits per heavy atom. The number of ether oxygens (including phenoxy) is 1. The predicted octanol–water partition coefficient (Wildman–Crippen LogP) is 3.36. The third kappa shape index (κ3) is 5.34. The van der Waals surface area contributed by atoms with E-state index in [9.17, 15) is 4.79 Å². The van der Waals surface area contributed by atoms with E-state index in [0.717, 1.165) is 13.1 Å². The maximum Gasteiger partial charge on any atom is 0.257 e. The van der Waals surface area contributed by atoms with Crippen molar-refractivity contribution in [3.05, 3.63) is 28.2 Å². The van der Waals surface area contributed by atoms with Crippen molar-refractivity contribution in [2.24, 2.45) is 0 Å². The van der Waals surface area contributed by atoms with Crippen LogP contribution in [0, 0.1) is 0 Å². The van der Waals surface area contributed by atoms with Gasteiger partial charge in [0.05, 0.1) is 5.02 Å². The molecule has 1 heterocycles. The van der Waals surface area contributed by atoms with Crippen LogP contribution in [0.1, 0.15) is 26.2 Å². The molecule has 1 atom stereocenters. The smallest absolute Gasteiger partial charge is 0.257 e. The number of hydrogen-bond donors (Lipinski definition) is 1. The zero-order chi connectivity index (χ0) is 15.9. The summed E-state index contributed by atoms with van der Waals surface area (Å²) in [5, 5.41) is 3.87. The molecule has 1 saturated heterocycles. The van der Waals surface area contributed by atoms with Crippen LogP contribution in [0.5, 0.6) is 5.75 Å². The van der Waals surface area contributed by atoms with E-state index in [1.54, 1.807) is 18.2 Å². The van der Waals surface area contributed by atoms with E-state index in [4.69, 9.17) is 27.9 Å². The lowest BCUT2D eigenvalue weighted by atomic mass is 10.1. The molecule has 1 aromatic carbocycles. The van der Waals surface area contributed by atoms with Gasteiger partial charge in [-0.1, -0.05) is 29.6 Å². The van der Waals surface area contributed by atoms with Crippen LogP contribution >= 0.6 is 23.2 Å². The Labute approximate surface area is 141 Å². The fourth-order valence-electron chi connectivity index (χ4n) is 2.53. The molecule has 0 radical (unpaired) electrons. The molecule has 0 saturated carbocycles. The van der Waals surface area contributed by atoms with Gasteiger partial charge in [-0.2, -0.15) is 0 Å². The van der Waals surface area contributed by atoms with Crippen LogP contribution in [-0.2, 0) is 4.79 Å². The lowest BCUT2D eigenvalue weighted by Gasteiger charge is -2.32. The van der Waals surface area contributed by atoms with Crippen molar-refractivity contribution >= 4 is 29.1 Å². The third-order valence-electron chi connectivity index (χ3n) is 3.86. The summed E-state index contributed by atoms with van der Waals surface area (Å²) in [6, 6.07) is 5.28. The first-order chi connectivity index (χ1) is 10.6. The van der Waals surface area contributed by atoms with Crippen LogP contribution in [0.2, 0.25) is 10.0 Å². The SMILES string of the molecule is CC(CNC(=O)COc1cc(Cl)ccc1Cl)N1CCCCC1. The number of nitrogens with one attached hydrogen (secondary N) is 1. The molecule has 1 fully saturated rings. The Hall–Kier alpha value is -0.970. The Morgan fingerprint density at radius 1 is 1.32 bits per heavy atom. The molecule has 2 rings (SSSR count). The molecule has 1 aromatic rings. The predicted molar refractivity (Wildman–Crippen MR) is 89.9 cm³/mol. The maximum absolute atomic E-state index is 11.9. The summed E-state index contributed by atoms with van der Waals surface area (Å²) in [5.41, 5.74) is 0. The van der Waals surface area contributed by atoms with Crippen LogP contribution in [0.15, 0.2) is 18.2 Å². The van der Waals surface area contributed by atoms with E-state index >= 15 is 0 Å². The van der Waals surface area contributed by atoms with E-state index in [2.05, 4.69) is 17.1 Å². The number of benzene rings is 1. The first-order valence-corrected chi connectivity index (χ1v) is 8.40. The van der Waals surface area contributed by atoms with Gasteiger partial charge in [0.2, 0.25) is 0 Å². The zero-order valence-corrected chi connectivity index (χ0v) is 14.3. The summed E-state index contributed by atoms with van der Waals surface area (Å²) in [4.78, 5) is 14.3. The molecule has 1 amide bonds. The van der Waals surface area contributed by atoms with Gasteiger partial charge in [0, 0.05) is 23.7 Å². The standard InChI is InChI=1S/C16H22Cl2N2O2/c1-12(20-7-3-2-4-8-20)10-19-16(21)11-22-15-9-13(17)5-6-14(15)18/h5-6,9,12H,2-4,7-8,10-11H2,1H3,(H,19,21). The molecule has 1 unspecified atom stereocenters. The molecule has 0 bridgehead atoms. The number of carbonyl (C=O) groups excluding carboxylic acids is 1. The topological polar surface area (TPSA) is 41.6 Å². The van der Waals surface area contributed by atoms with Gasteiger partial charge in [-0.05, 0) is 45.0 Å². The largest absolute Gasteiger partial charge is 0.482 e. The second kappa shape index (κ2) is 8.61. The van der Waals surface area contributed by atoms with Gasteiger partial charge < -0.3 is 10.1 Å². The summed E-state index contributed by atoms with van der Waals surface area (Å²) < 4.78 is 5.42. The van der Waals surface area contributed by atoms with Crippen LogP contribution < -0.4 is 10.1 Å². The number of likely N-dealkylation sites (tertiary alicyclic amines) is 1. The van der Waals surface area contributed by atoms with E-state index < -0.39 is 0 Å². The Kier molecular flexibility index (Phi) is 6.80. The lowest BCUT2D eigenvalue weighted by molar-refractivity contribution is -0.123. The first kappa shape index (κ1) is 17.4. The van der Waals surface area contributed by atoms with E-state index in [0.29, 0.717) is 28.4 Å². The van der Waals surface area contributed by atoms with Crippen molar-refractivity contribution in [1.82, 2.24) is 10.2 Å². The zero-order valence-electron chi connectivity index (χ0n) is 12.8. The Morgan fingerprint density at radius 2 is 2.05 bits per heavy atom. The molecule has 0 aromatic heterocycles. The minimum Gasteiger partial charge on any atom is -0.482 e. The normalized spacial score (nSPS) is 17.0. The second-order valence-electron chi connectivity index (χ2n) is 5.61. The number of piperidine rings is 1. The summed E-state index contributed by atoms with van der Waals surface area (Å²) in [5.74, 6) is 0.272. The Bertz CT molecular complexity index is 505. The minimum absolute atomic E-state index is 0.0627. The van der Waals surface area contributed by atoms with Crippen molar-refractivity contribution in [2.45, 2.75) is 32.2 Å². The molecule has 6 heteroatoms. The fraction of sp³-hybridized carbons (Fsp3) is 0.562. The highest BCUT2D eigenvalue weighted by atomic mass is 35.5.